The van der Waals surface area contributed by atoms with Gasteiger partial charge in [0.15, 0.2) is 0 Å². The third kappa shape index (κ3) is 4.44. The molecule has 0 amide bonds. The lowest BCUT2D eigenvalue weighted by Crippen LogP contribution is -2.18. The molecule has 21 heavy (non-hydrogen) atoms. The van der Waals surface area contributed by atoms with Crippen LogP contribution in [0.3, 0.4) is 0 Å². The smallest absolute Gasteiger partial charge is 0.320 e. The highest BCUT2D eigenvalue weighted by Crippen LogP contribution is 2.26. The summed E-state index contributed by atoms with van der Waals surface area (Å²) in [7, 11) is 5.64. The molecule has 0 spiro atoms. The number of hydrogen-bond acceptors (Lipinski definition) is 7. The Kier molecular flexibility index (Phi) is 5.53. The normalized spacial score (nSPS) is 10.6. The number of benzene rings is 1. The van der Waals surface area contributed by atoms with Gasteiger partial charge in [0, 0.05) is 27.7 Å². The Morgan fingerprint density at radius 1 is 1.24 bits per heavy atom. The standard InChI is InChI=1S/C14H21N5O2/c1-19(2)12-7-5-4-6-11(12)16-14-18-17-13(21-14)10-15-8-9-20-3/h4-7,15H,8-10H2,1-3H3,(H,16,18). The minimum Gasteiger partial charge on any atom is -0.406 e. The Labute approximate surface area is 124 Å². The fraction of sp³-hybridized carbons (Fsp3) is 0.429. The Morgan fingerprint density at radius 2 is 2.05 bits per heavy atom. The summed E-state index contributed by atoms with van der Waals surface area (Å²) in [5.41, 5.74) is 1.97. The molecule has 0 unspecified atom stereocenters. The first kappa shape index (κ1) is 15.3. The number of hydrogen-bond donors (Lipinski definition) is 2. The van der Waals surface area contributed by atoms with Crippen molar-refractivity contribution < 1.29 is 9.15 Å². The second-order valence-corrected chi connectivity index (χ2v) is 4.71. The number of nitrogens with zero attached hydrogens (tertiary/aromatic N) is 3. The van der Waals surface area contributed by atoms with Crippen molar-refractivity contribution in [2.24, 2.45) is 0 Å². The zero-order chi connectivity index (χ0) is 15.1. The zero-order valence-corrected chi connectivity index (χ0v) is 12.6. The van der Waals surface area contributed by atoms with Crippen molar-refractivity contribution in [1.82, 2.24) is 15.5 Å². The maximum absolute atomic E-state index is 5.55. The van der Waals surface area contributed by atoms with Gasteiger partial charge in [-0.2, -0.15) is 0 Å². The minimum atomic E-state index is 0.382. The van der Waals surface area contributed by atoms with Gasteiger partial charge in [0.2, 0.25) is 5.89 Å². The first-order chi connectivity index (χ1) is 10.2. The molecule has 0 aliphatic carbocycles. The monoisotopic (exact) mass is 291 g/mol. The van der Waals surface area contributed by atoms with Gasteiger partial charge in [-0.15, -0.1) is 5.10 Å². The highest BCUT2D eigenvalue weighted by molar-refractivity contribution is 5.72. The average Bonchev–Trinajstić information content (AvgIpc) is 2.91. The van der Waals surface area contributed by atoms with Crippen LogP contribution < -0.4 is 15.5 Å². The molecule has 7 heteroatoms. The molecular weight excluding hydrogens is 270 g/mol. The number of nitrogens with one attached hydrogen (secondary N) is 2. The van der Waals surface area contributed by atoms with Crippen LogP contribution in [0.2, 0.25) is 0 Å². The minimum absolute atomic E-state index is 0.382. The van der Waals surface area contributed by atoms with Gasteiger partial charge < -0.3 is 24.7 Å². The molecule has 1 aromatic carbocycles. The molecule has 0 atom stereocenters. The summed E-state index contributed by atoms with van der Waals surface area (Å²) in [5, 5.41) is 14.3. The first-order valence-electron chi connectivity index (χ1n) is 6.76. The van der Waals surface area contributed by atoms with Crippen LogP contribution in [0.1, 0.15) is 5.89 Å². The van der Waals surface area contributed by atoms with Crippen LogP contribution in [-0.2, 0) is 11.3 Å². The molecule has 0 saturated heterocycles. The number of anilines is 3. The van der Waals surface area contributed by atoms with E-state index in [1.54, 1.807) is 7.11 Å². The highest BCUT2D eigenvalue weighted by atomic mass is 16.5. The summed E-state index contributed by atoms with van der Waals surface area (Å²) in [4.78, 5) is 2.02. The molecule has 2 rings (SSSR count). The molecule has 1 aromatic heterocycles. The summed E-state index contributed by atoms with van der Waals surface area (Å²) in [5.74, 6) is 0.538. The van der Waals surface area contributed by atoms with Gasteiger partial charge in [0.25, 0.3) is 0 Å². The molecule has 0 saturated carbocycles. The van der Waals surface area contributed by atoms with Gasteiger partial charge >= 0.3 is 6.01 Å². The number of rotatable bonds is 8. The van der Waals surface area contributed by atoms with Crippen molar-refractivity contribution in [2.45, 2.75) is 6.54 Å². The van der Waals surface area contributed by atoms with Gasteiger partial charge in [0.05, 0.1) is 24.5 Å². The third-order valence-corrected chi connectivity index (χ3v) is 2.85. The first-order valence-corrected chi connectivity index (χ1v) is 6.76. The number of para-hydroxylation sites is 2. The molecule has 114 valence electrons. The van der Waals surface area contributed by atoms with E-state index in [1.165, 1.54) is 0 Å². The molecule has 2 aromatic rings. The van der Waals surface area contributed by atoms with E-state index in [0.717, 1.165) is 17.9 Å². The van der Waals surface area contributed by atoms with Crippen molar-refractivity contribution >= 4 is 17.4 Å². The van der Waals surface area contributed by atoms with Gasteiger partial charge in [-0.25, -0.2) is 0 Å². The second kappa shape index (κ2) is 7.61. The molecular formula is C14H21N5O2. The SMILES string of the molecule is COCCNCc1nnc(Nc2ccccc2N(C)C)o1. The summed E-state index contributed by atoms with van der Waals surface area (Å²) < 4.78 is 10.5. The lowest BCUT2D eigenvalue weighted by molar-refractivity contribution is 0.198. The number of ether oxygens (including phenoxy) is 1. The lowest BCUT2D eigenvalue weighted by Gasteiger charge is -2.16. The number of methoxy groups -OCH3 is 1. The Bertz CT molecular complexity index is 556. The average molecular weight is 291 g/mol. The Hall–Kier alpha value is -2.12. The van der Waals surface area contributed by atoms with Gasteiger partial charge in [0.1, 0.15) is 0 Å². The van der Waals surface area contributed by atoms with E-state index in [-0.39, 0.29) is 0 Å². The summed E-state index contributed by atoms with van der Waals surface area (Å²) in [6.45, 7) is 1.91. The van der Waals surface area contributed by atoms with Gasteiger partial charge in [-0.05, 0) is 12.1 Å². The predicted molar refractivity (Wildman–Crippen MR) is 81.9 cm³/mol. The maximum Gasteiger partial charge on any atom is 0.320 e. The van der Waals surface area contributed by atoms with Crippen molar-refractivity contribution in [3.8, 4) is 0 Å². The fourth-order valence-corrected chi connectivity index (χ4v) is 1.83. The van der Waals surface area contributed by atoms with E-state index < -0.39 is 0 Å². The quantitative estimate of drug-likeness (QED) is 0.716. The van der Waals surface area contributed by atoms with Crippen molar-refractivity contribution in [2.75, 3.05) is 44.6 Å². The van der Waals surface area contributed by atoms with E-state index >= 15 is 0 Å². The largest absolute Gasteiger partial charge is 0.406 e. The molecule has 0 fully saturated rings. The summed E-state index contributed by atoms with van der Waals surface area (Å²) in [6, 6.07) is 8.31. The molecule has 7 nitrogen and oxygen atoms in total. The topological polar surface area (TPSA) is 75.5 Å². The van der Waals surface area contributed by atoms with E-state index in [0.29, 0.717) is 25.1 Å². The molecule has 0 aliphatic heterocycles. The second-order valence-electron chi connectivity index (χ2n) is 4.71. The van der Waals surface area contributed by atoms with Crippen LogP contribution in [0.15, 0.2) is 28.7 Å². The zero-order valence-electron chi connectivity index (χ0n) is 12.6. The van der Waals surface area contributed by atoms with Crippen LogP contribution in [0, 0.1) is 0 Å². The van der Waals surface area contributed by atoms with Crippen LogP contribution in [0.4, 0.5) is 17.4 Å². The van der Waals surface area contributed by atoms with Gasteiger partial charge in [-0.3, -0.25) is 0 Å². The van der Waals surface area contributed by atoms with E-state index in [4.69, 9.17) is 9.15 Å². The van der Waals surface area contributed by atoms with Gasteiger partial charge in [-0.1, -0.05) is 17.2 Å². The van der Waals surface area contributed by atoms with Crippen molar-refractivity contribution in [1.29, 1.82) is 0 Å². The van der Waals surface area contributed by atoms with Crippen LogP contribution in [-0.4, -0.2) is 44.6 Å². The summed E-state index contributed by atoms with van der Waals surface area (Å²) >= 11 is 0. The lowest BCUT2D eigenvalue weighted by atomic mass is 10.2. The van der Waals surface area contributed by atoms with Crippen molar-refractivity contribution in [3.63, 3.8) is 0 Å². The van der Waals surface area contributed by atoms with Crippen LogP contribution in [0.25, 0.3) is 0 Å². The predicted octanol–water partition coefficient (Wildman–Crippen LogP) is 1.62. The van der Waals surface area contributed by atoms with Crippen molar-refractivity contribution in [3.05, 3.63) is 30.2 Å². The maximum atomic E-state index is 5.55. The summed E-state index contributed by atoms with van der Waals surface area (Å²) in [6.07, 6.45) is 0. The molecule has 2 N–H and O–H groups in total. The molecule has 0 radical (unpaired) electrons. The molecule has 1 heterocycles. The highest BCUT2D eigenvalue weighted by Gasteiger charge is 2.09. The third-order valence-electron chi connectivity index (χ3n) is 2.85. The Morgan fingerprint density at radius 3 is 2.81 bits per heavy atom. The number of aromatic nitrogens is 2. The molecule has 0 bridgehead atoms. The molecule has 0 aliphatic rings. The van der Waals surface area contributed by atoms with E-state index in [9.17, 15) is 0 Å². The van der Waals surface area contributed by atoms with E-state index in [2.05, 4.69) is 20.8 Å². The fourth-order valence-electron chi connectivity index (χ4n) is 1.83. The van der Waals surface area contributed by atoms with Crippen LogP contribution in [0.5, 0.6) is 0 Å². The van der Waals surface area contributed by atoms with Crippen LogP contribution >= 0.6 is 0 Å². The Balaban J connectivity index is 1.96. The van der Waals surface area contributed by atoms with E-state index in [1.807, 2.05) is 43.3 Å².